The van der Waals surface area contributed by atoms with Crippen molar-refractivity contribution < 1.29 is 19.2 Å². The van der Waals surface area contributed by atoms with E-state index >= 15 is 0 Å². The second-order valence-corrected chi connectivity index (χ2v) is 4.60. The molecule has 118 valence electrons. The number of non-ortho nitro benzene ring substituents is 1. The number of hydrogen-bond acceptors (Lipinski definition) is 6. The molecule has 3 aromatic rings. The number of rotatable bonds is 3. The molecule has 0 aliphatic carbocycles. The average molecular weight is 317 g/mol. The summed E-state index contributed by atoms with van der Waals surface area (Å²) in [6, 6.07) is 4.36. The lowest BCUT2D eigenvalue weighted by atomic mass is 10.1. The number of aromatic amines is 2. The zero-order valence-electron chi connectivity index (χ0n) is 11.9. The minimum Gasteiger partial charge on any atom is -0.434 e. The van der Waals surface area contributed by atoms with Gasteiger partial charge >= 0.3 is 6.16 Å². The Labute approximate surface area is 128 Å². The van der Waals surface area contributed by atoms with Gasteiger partial charge in [-0.3, -0.25) is 14.9 Å². The van der Waals surface area contributed by atoms with Crippen LogP contribution in [0.25, 0.3) is 21.8 Å². The summed E-state index contributed by atoms with van der Waals surface area (Å²) in [5, 5.41) is 11.8. The average Bonchev–Trinajstić information content (AvgIpc) is 2.91. The summed E-state index contributed by atoms with van der Waals surface area (Å²) >= 11 is 0. The number of pyridine rings is 1. The molecule has 2 aromatic heterocycles. The third-order valence-corrected chi connectivity index (χ3v) is 3.27. The van der Waals surface area contributed by atoms with Gasteiger partial charge in [0.25, 0.3) is 11.2 Å². The molecule has 0 radical (unpaired) electrons. The van der Waals surface area contributed by atoms with Crippen molar-refractivity contribution in [1.82, 2.24) is 9.97 Å². The smallest absolute Gasteiger partial charge is 0.434 e. The Morgan fingerprint density at radius 3 is 2.83 bits per heavy atom. The lowest BCUT2D eigenvalue weighted by Gasteiger charge is -2.05. The SMILES string of the molecule is CCOC(=O)Oc1c[nH]c2c(=O)[nH]c3c([N+](=O)[O-])cccc3c12. The van der Waals surface area contributed by atoms with Gasteiger partial charge in [0.15, 0.2) is 5.75 Å². The number of carbonyl (C=O) groups excluding carboxylic acids is 1. The fraction of sp³-hybridized carbons (Fsp3) is 0.143. The van der Waals surface area contributed by atoms with Crippen LogP contribution in [0, 0.1) is 10.1 Å². The third kappa shape index (κ3) is 2.37. The zero-order chi connectivity index (χ0) is 16.6. The van der Waals surface area contributed by atoms with E-state index < -0.39 is 16.6 Å². The van der Waals surface area contributed by atoms with E-state index in [-0.39, 0.29) is 34.5 Å². The van der Waals surface area contributed by atoms with E-state index in [1.54, 1.807) is 13.0 Å². The van der Waals surface area contributed by atoms with Gasteiger partial charge in [0, 0.05) is 17.6 Å². The molecule has 2 heterocycles. The van der Waals surface area contributed by atoms with Crippen LogP contribution in [0.1, 0.15) is 6.92 Å². The summed E-state index contributed by atoms with van der Waals surface area (Å²) in [6.45, 7) is 1.76. The number of H-pyrrole nitrogens is 2. The molecule has 0 spiro atoms. The van der Waals surface area contributed by atoms with Crippen molar-refractivity contribution in [2.45, 2.75) is 6.92 Å². The van der Waals surface area contributed by atoms with Crippen molar-refractivity contribution in [1.29, 1.82) is 0 Å². The number of nitrogens with zero attached hydrogens (tertiary/aromatic N) is 1. The minimum atomic E-state index is -0.924. The molecule has 9 nitrogen and oxygen atoms in total. The quantitative estimate of drug-likeness (QED) is 0.434. The van der Waals surface area contributed by atoms with Gasteiger partial charge < -0.3 is 19.4 Å². The van der Waals surface area contributed by atoms with Gasteiger partial charge in [0.1, 0.15) is 11.0 Å². The maximum atomic E-state index is 12.1. The Morgan fingerprint density at radius 2 is 2.13 bits per heavy atom. The highest BCUT2D eigenvalue weighted by atomic mass is 16.7. The number of fused-ring (bicyclic) bond motifs is 3. The number of nitro benzene ring substituents is 1. The summed E-state index contributed by atoms with van der Waals surface area (Å²) in [5.74, 6) is 0.0649. The number of benzene rings is 1. The lowest BCUT2D eigenvalue weighted by molar-refractivity contribution is -0.383. The monoisotopic (exact) mass is 317 g/mol. The molecule has 0 bridgehead atoms. The molecule has 0 aliphatic rings. The van der Waals surface area contributed by atoms with Gasteiger partial charge in [0.05, 0.1) is 16.9 Å². The van der Waals surface area contributed by atoms with E-state index in [9.17, 15) is 19.7 Å². The molecular formula is C14H11N3O6. The standard InChI is InChI=1S/C14H11N3O6/c1-2-22-14(19)23-9-6-15-12-10(9)7-4-3-5-8(17(20)21)11(7)16-13(12)18/h3-6,15H,2H2,1H3,(H,16,18). The molecule has 0 unspecified atom stereocenters. The first-order chi connectivity index (χ1) is 11.0. The number of nitrogens with one attached hydrogen (secondary N) is 2. The molecule has 0 aliphatic heterocycles. The maximum absolute atomic E-state index is 12.1. The molecule has 0 amide bonds. The van der Waals surface area contributed by atoms with Crippen LogP contribution in [0.15, 0.2) is 29.2 Å². The highest BCUT2D eigenvalue weighted by molar-refractivity contribution is 6.10. The highest BCUT2D eigenvalue weighted by Crippen LogP contribution is 2.33. The fourth-order valence-electron chi connectivity index (χ4n) is 2.38. The number of nitro groups is 1. The van der Waals surface area contributed by atoms with Crippen LogP contribution in [0.4, 0.5) is 10.5 Å². The van der Waals surface area contributed by atoms with Crippen LogP contribution >= 0.6 is 0 Å². The second kappa shape index (κ2) is 5.44. The fourth-order valence-corrected chi connectivity index (χ4v) is 2.38. The number of para-hydroxylation sites is 1. The number of carbonyl (C=O) groups is 1. The molecule has 3 rings (SSSR count). The van der Waals surface area contributed by atoms with Crippen LogP contribution in [0.5, 0.6) is 5.75 Å². The third-order valence-electron chi connectivity index (χ3n) is 3.27. The molecule has 2 N–H and O–H groups in total. The van der Waals surface area contributed by atoms with E-state index in [0.717, 1.165) is 0 Å². The van der Waals surface area contributed by atoms with E-state index in [0.29, 0.717) is 5.39 Å². The first-order valence-corrected chi connectivity index (χ1v) is 6.68. The first kappa shape index (κ1) is 14.6. The zero-order valence-corrected chi connectivity index (χ0v) is 11.9. The van der Waals surface area contributed by atoms with Gasteiger partial charge in [-0.05, 0) is 6.92 Å². The van der Waals surface area contributed by atoms with E-state index in [1.807, 2.05) is 0 Å². The van der Waals surface area contributed by atoms with Crippen molar-refractivity contribution in [3.05, 3.63) is 44.9 Å². The largest absolute Gasteiger partial charge is 0.513 e. The van der Waals surface area contributed by atoms with E-state index in [4.69, 9.17) is 9.47 Å². The predicted molar refractivity (Wildman–Crippen MR) is 80.7 cm³/mol. The Kier molecular flexibility index (Phi) is 3.45. The van der Waals surface area contributed by atoms with Crippen molar-refractivity contribution in [3.8, 4) is 5.75 Å². The van der Waals surface area contributed by atoms with Crippen LogP contribution < -0.4 is 10.3 Å². The highest BCUT2D eigenvalue weighted by Gasteiger charge is 2.20. The van der Waals surface area contributed by atoms with Gasteiger partial charge in [-0.25, -0.2) is 4.79 Å². The maximum Gasteiger partial charge on any atom is 0.513 e. The molecule has 0 saturated carbocycles. The molecule has 0 atom stereocenters. The topological polar surface area (TPSA) is 127 Å². The van der Waals surface area contributed by atoms with Crippen molar-refractivity contribution in [3.63, 3.8) is 0 Å². The van der Waals surface area contributed by atoms with Crippen LogP contribution in [0.3, 0.4) is 0 Å². The van der Waals surface area contributed by atoms with Crippen molar-refractivity contribution in [2.24, 2.45) is 0 Å². The van der Waals surface area contributed by atoms with Crippen LogP contribution in [-0.4, -0.2) is 27.7 Å². The van der Waals surface area contributed by atoms with Crippen molar-refractivity contribution >= 4 is 33.6 Å². The Balaban J connectivity index is 2.31. The Hall–Kier alpha value is -3.36. The van der Waals surface area contributed by atoms with Gasteiger partial charge in [-0.1, -0.05) is 12.1 Å². The van der Waals surface area contributed by atoms with Gasteiger partial charge in [-0.2, -0.15) is 0 Å². The molecule has 1 aromatic carbocycles. The van der Waals surface area contributed by atoms with E-state index in [1.165, 1.54) is 18.3 Å². The summed E-state index contributed by atoms with van der Waals surface area (Å²) < 4.78 is 9.76. The summed E-state index contributed by atoms with van der Waals surface area (Å²) in [5.41, 5.74) is -0.592. The van der Waals surface area contributed by atoms with Gasteiger partial charge in [0.2, 0.25) is 0 Å². The summed E-state index contributed by atoms with van der Waals surface area (Å²) in [4.78, 5) is 39.3. The van der Waals surface area contributed by atoms with E-state index in [2.05, 4.69) is 9.97 Å². The summed E-state index contributed by atoms with van der Waals surface area (Å²) in [7, 11) is 0. The summed E-state index contributed by atoms with van der Waals surface area (Å²) in [6.07, 6.45) is 0.405. The van der Waals surface area contributed by atoms with Crippen LogP contribution in [-0.2, 0) is 4.74 Å². The second-order valence-electron chi connectivity index (χ2n) is 4.60. The molecule has 0 fully saturated rings. The van der Waals surface area contributed by atoms with Crippen molar-refractivity contribution in [2.75, 3.05) is 6.61 Å². The number of hydrogen-bond donors (Lipinski definition) is 2. The minimum absolute atomic E-state index is 0.0586. The lowest BCUT2D eigenvalue weighted by Crippen LogP contribution is -2.10. The Morgan fingerprint density at radius 1 is 1.35 bits per heavy atom. The predicted octanol–water partition coefficient (Wildman–Crippen LogP) is 2.45. The van der Waals surface area contributed by atoms with Gasteiger partial charge in [-0.15, -0.1) is 0 Å². The molecular weight excluding hydrogens is 306 g/mol. The molecule has 23 heavy (non-hydrogen) atoms. The Bertz CT molecular complexity index is 987. The number of ether oxygens (including phenoxy) is 2. The van der Waals surface area contributed by atoms with Crippen LogP contribution in [0.2, 0.25) is 0 Å². The first-order valence-electron chi connectivity index (χ1n) is 6.68. The normalized spacial score (nSPS) is 10.8. The molecule has 0 saturated heterocycles. The number of aromatic nitrogens is 2. The molecule has 9 heteroatoms.